The van der Waals surface area contributed by atoms with Crippen LogP contribution in [0.5, 0.6) is 11.5 Å². The molecule has 2 aromatic carbocycles. The summed E-state index contributed by atoms with van der Waals surface area (Å²) in [6.07, 6.45) is 1.95. The normalized spacial score (nSPS) is 15.1. The van der Waals surface area contributed by atoms with Crippen molar-refractivity contribution in [1.82, 2.24) is 10.2 Å². The maximum absolute atomic E-state index is 13.1. The number of halogens is 2. The average molecular weight is 377 g/mol. The largest absolute Gasteiger partial charge is 0.457 e. The molecule has 0 unspecified atom stereocenters. The first kappa shape index (κ1) is 18.7. The highest BCUT2D eigenvalue weighted by molar-refractivity contribution is 6.31. The van der Waals surface area contributed by atoms with E-state index in [-0.39, 0.29) is 11.7 Å². The SMILES string of the molecule is CNCC1CCN(C(=O)c2cc(Cl)ccc2Oc2ccc(F)cc2)CC1. The van der Waals surface area contributed by atoms with Crippen molar-refractivity contribution >= 4 is 17.5 Å². The Morgan fingerprint density at radius 2 is 1.92 bits per heavy atom. The lowest BCUT2D eigenvalue weighted by Gasteiger charge is -2.32. The summed E-state index contributed by atoms with van der Waals surface area (Å²) in [6, 6.07) is 10.7. The maximum atomic E-state index is 13.1. The summed E-state index contributed by atoms with van der Waals surface area (Å²) in [7, 11) is 1.95. The second-order valence-corrected chi connectivity index (χ2v) is 6.93. The number of hydrogen-bond donors (Lipinski definition) is 1. The quantitative estimate of drug-likeness (QED) is 0.843. The molecule has 0 spiro atoms. The van der Waals surface area contributed by atoms with E-state index < -0.39 is 0 Å². The van der Waals surface area contributed by atoms with Crippen LogP contribution in [0.15, 0.2) is 42.5 Å². The second kappa shape index (κ2) is 8.52. The molecular formula is C20H22ClFN2O2. The van der Waals surface area contributed by atoms with Crippen molar-refractivity contribution in [1.29, 1.82) is 0 Å². The first-order valence-electron chi connectivity index (χ1n) is 8.73. The molecule has 1 N–H and O–H groups in total. The molecule has 1 amide bonds. The van der Waals surface area contributed by atoms with Gasteiger partial charge in [0.15, 0.2) is 0 Å². The zero-order chi connectivity index (χ0) is 18.5. The molecule has 0 saturated carbocycles. The summed E-state index contributed by atoms with van der Waals surface area (Å²) in [5, 5.41) is 3.67. The Labute approximate surface area is 157 Å². The highest BCUT2D eigenvalue weighted by atomic mass is 35.5. The summed E-state index contributed by atoms with van der Waals surface area (Å²) in [5.74, 6) is 1.05. The lowest BCUT2D eigenvalue weighted by molar-refractivity contribution is 0.0688. The standard InChI is InChI=1S/C20H22ClFN2O2/c1-23-13-14-8-10-24(11-9-14)20(25)18-12-15(21)2-7-19(18)26-17-5-3-16(22)4-6-17/h2-7,12,14,23H,8-11,13H2,1H3. The van der Waals surface area contributed by atoms with Crippen molar-refractivity contribution in [3.05, 3.63) is 58.9 Å². The van der Waals surface area contributed by atoms with E-state index in [1.54, 1.807) is 18.2 Å². The summed E-state index contributed by atoms with van der Waals surface area (Å²) in [6.45, 7) is 2.40. The highest BCUT2D eigenvalue weighted by Gasteiger charge is 2.25. The van der Waals surface area contributed by atoms with E-state index in [9.17, 15) is 9.18 Å². The van der Waals surface area contributed by atoms with Gasteiger partial charge in [-0.3, -0.25) is 4.79 Å². The predicted octanol–water partition coefficient (Wildman–Crippen LogP) is 4.34. The van der Waals surface area contributed by atoms with E-state index >= 15 is 0 Å². The Bertz CT molecular complexity index is 759. The Hall–Kier alpha value is -2.11. The zero-order valence-electron chi connectivity index (χ0n) is 14.7. The minimum absolute atomic E-state index is 0.0903. The molecule has 0 atom stereocenters. The number of nitrogens with one attached hydrogen (secondary N) is 1. The van der Waals surface area contributed by atoms with Gasteiger partial charge in [0.2, 0.25) is 0 Å². The molecule has 1 aliphatic rings. The fraction of sp³-hybridized carbons (Fsp3) is 0.350. The number of nitrogens with zero attached hydrogens (tertiary/aromatic N) is 1. The van der Waals surface area contributed by atoms with Gasteiger partial charge in [-0.15, -0.1) is 0 Å². The van der Waals surface area contributed by atoms with Crippen LogP contribution in [0.4, 0.5) is 4.39 Å². The Morgan fingerprint density at radius 3 is 2.58 bits per heavy atom. The van der Waals surface area contributed by atoms with Gasteiger partial charge in [0, 0.05) is 18.1 Å². The van der Waals surface area contributed by atoms with Crippen LogP contribution in [-0.4, -0.2) is 37.5 Å². The van der Waals surface area contributed by atoms with Crippen LogP contribution in [0.3, 0.4) is 0 Å². The molecule has 1 saturated heterocycles. The fourth-order valence-electron chi connectivity index (χ4n) is 3.19. The topological polar surface area (TPSA) is 41.6 Å². The lowest BCUT2D eigenvalue weighted by atomic mass is 9.96. The van der Waals surface area contributed by atoms with Crippen LogP contribution in [0.2, 0.25) is 5.02 Å². The van der Waals surface area contributed by atoms with Crippen LogP contribution in [0, 0.1) is 11.7 Å². The van der Waals surface area contributed by atoms with Crippen molar-refractivity contribution in [3.63, 3.8) is 0 Å². The number of amides is 1. The van der Waals surface area contributed by atoms with E-state index in [0.717, 1.165) is 19.4 Å². The van der Waals surface area contributed by atoms with Crippen LogP contribution >= 0.6 is 11.6 Å². The zero-order valence-corrected chi connectivity index (χ0v) is 15.4. The van der Waals surface area contributed by atoms with Crippen LogP contribution in [0.25, 0.3) is 0 Å². The molecule has 1 heterocycles. The smallest absolute Gasteiger partial charge is 0.257 e. The van der Waals surface area contributed by atoms with Crippen LogP contribution < -0.4 is 10.1 Å². The summed E-state index contributed by atoms with van der Waals surface area (Å²) in [4.78, 5) is 14.8. The first-order valence-corrected chi connectivity index (χ1v) is 9.11. The number of rotatable bonds is 5. The van der Waals surface area contributed by atoms with E-state index in [1.165, 1.54) is 24.3 Å². The van der Waals surface area contributed by atoms with Crippen LogP contribution in [-0.2, 0) is 0 Å². The van der Waals surface area contributed by atoms with Gasteiger partial charge >= 0.3 is 0 Å². The maximum Gasteiger partial charge on any atom is 0.257 e. The fourth-order valence-corrected chi connectivity index (χ4v) is 3.36. The van der Waals surface area contributed by atoms with Crippen molar-refractivity contribution in [2.24, 2.45) is 5.92 Å². The van der Waals surface area contributed by atoms with E-state index in [0.29, 0.717) is 41.1 Å². The number of ether oxygens (including phenoxy) is 1. The summed E-state index contributed by atoms with van der Waals surface area (Å²) < 4.78 is 18.9. The van der Waals surface area contributed by atoms with Crippen molar-refractivity contribution in [2.75, 3.05) is 26.7 Å². The van der Waals surface area contributed by atoms with Gasteiger partial charge in [-0.2, -0.15) is 0 Å². The van der Waals surface area contributed by atoms with E-state index in [2.05, 4.69) is 5.32 Å². The minimum Gasteiger partial charge on any atom is -0.457 e. The number of benzene rings is 2. The molecule has 0 aromatic heterocycles. The predicted molar refractivity (Wildman–Crippen MR) is 100 cm³/mol. The molecule has 0 aliphatic carbocycles. The Balaban J connectivity index is 1.77. The molecule has 2 aromatic rings. The third-order valence-corrected chi connectivity index (χ3v) is 4.84. The second-order valence-electron chi connectivity index (χ2n) is 6.49. The molecule has 0 bridgehead atoms. The number of piperidine rings is 1. The van der Waals surface area contributed by atoms with Crippen molar-refractivity contribution < 1.29 is 13.9 Å². The summed E-state index contributed by atoms with van der Waals surface area (Å²) in [5.41, 5.74) is 0.425. The number of likely N-dealkylation sites (tertiary alicyclic amines) is 1. The number of carbonyl (C=O) groups excluding carboxylic acids is 1. The van der Waals surface area contributed by atoms with Crippen LogP contribution in [0.1, 0.15) is 23.2 Å². The Kier molecular flexibility index (Phi) is 6.12. The van der Waals surface area contributed by atoms with Crippen molar-refractivity contribution in [3.8, 4) is 11.5 Å². The molecule has 6 heteroatoms. The van der Waals surface area contributed by atoms with Gasteiger partial charge in [0.05, 0.1) is 5.56 Å². The molecule has 138 valence electrons. The first-order chi connectivity index (χ1) is 12.6. The Morgan fingerprint density at radius 1 is 1.23 bits per heavy atom. The van der Waals surface area contributed by atoms with Gasteiger partial charge in [-0.25, -0.2) is 4.39 Å². The molecule has 3 rings (SSSR count). The highest BCUT2D eigenvalue weighted by Crippen LogP contribution is 2.30. The molecule has 4 nitrogen and oxygen atoms in total. The lowest BCUT2D eigenvalue weighted by Crippen LogP contribution is -2.40. The minimum atomic E-state index is -0.339. The van der Waals surface area contributed by atoms with Gasteiger partial charge in [0.25, 0.3) is 5.91 Å². The molecular weight excluding hydrogens is 355 g/mol. The van der Waals surface area contributed by atoms with Gasteiger partial charge in [0.1, 0.15) is 17.3 Å². The molecule has 1 aliphatic heterocycles. The summed E-state index contributed by atoms with van der Waals surface area (Å²) >= 11 is 6.10. The molecule has 1 fully saturated rings. The van der Waals surface area contributed by atoms with Crippen molar-refractivity contribution in [2.45, 2.75) is 12.8 Å². The van der Waals surface area contributed by atoms with Gasteiger partial charge in [-0.05, 0) is 74.8 Å². The number of hydrogen-bond acceptors (Lipinski definition) is 3. The van der Waals surface area contributed by atoms with Gasteiger partial charge < -0.3 is 15.0 Å². The van der Waals surface area contributed by atoms with E-state index in [1.807, 2.05) is 11.9 Å². The third-order valence-electron chi connectivity index (χ3n) is 4.61. The van der Waals surface area contributed by atoms with Gasteiger partial charge in [-0.1, -0.05) is 11.6 Å². The average Bonchev–Trinajstić information content (AvgIpc) is 2.65. The number of carbonyl (C=O) groups is 1. The molecule has 0 radical (unpaired) electrons. The van der Waals surface area contributed by atoms with E-state index in [4.69, 9.17) is 16.3 Å². The monoisotopic (exact) mass is 376 g/mol. The third kappa shape index (κ3) is 4.54. The molecule has 26 heavy (non-hydrogen) atoms.